The molecule has 0 radical (unpaired) electrons. The molecule has 3 heterocycles. The molecule has 2 unspecified atom stereocenters. The molecule has 0 amide bonds. The highest BCUT2D eigenvalue weighted by molar-refractivity contribution is 5.55. The van der Waals surface area contributed by atoms with E-state index in [0.717, 1.165) is 43.9 Å². The molecule has 2 atom stereocenters. The third-order valence-corrected chi connectivity index (χ3v) is 5.45. The lowest BCUT2D eigenvalue weighted by atomic mass is 10.0. The van der Waals surface area contributed by atoms with E-state index in [1.807, 2.05) is 6.07 Å². The second-order valence-corrected chi connectivity index (χ2v) is 7.39. The van der Waals surface area contributed by atoms with Crippen molar-refractivity contribution in [2.45, 2.75) is 18.6 Å². The van der Waals surface area contributed by atoms with Crippen LogP contribution < -0.4 is 25.8 Å². The van der Waals surface area contributed by atoms with Gasteiger partial charge in [-0.15, -0.1) is 0 Å². The normalized spacial score (nSPS) is 22.3. The summed E-state index contributed by atoms with van der Waals surface area (Å²) in [7, 11) is 3.88. The number of ether oxygens (including phenoxy) is 1. The summed E-state index contributed by atoms with van der Waals surface area (Å²) < 4.78 is 5.71. The number of nitriles is 1. The minimum absolute atomic E-state index is 0.00995. The lowest BCUT2D eigenvalue weighted by Crippen LogP contribution is -2.44. The van der Waals surface area contributed by atoms with Crippen LogP contribution in [0.15, 0.2) is 30.6 Å². The third kappa shape index (κ3) is 4.40. The van der Waals surface area contributed by atoms with Gasteiger partial charge in [0.05, 0.1) is 31.7 Å². The SMILES string of the molecule is COc1cc(N2CCN(C)CC2)ccc1C1CC(Nc2cnc(C#N)cn2)NN1. The molecule has 0 saturated carbocycles. The molecular weight excluding hydrogens is 368 g/mol. The van der Waals surface area contributed by atoms with Crippen molar-refractivity contribution in [1.29, 1.82) is 5.26 Å². The fourth-order valence-corrected chi connectivity index (χ4v) is 3.74. The van der Waals surface area contributed by atoms with Crippen molar-refractivity contribution < 1.29 is 4.74 Å². The van der Waals surface area contributed by atoms with E-state index in [4.69, 9.17) is 10.00 Å². The van der Waals surface area contributed by atoms with Gasteiger partial charge < -0.3 is 19.9 Å². The first-order valence-electron chi connectivity index (χ1n) is 9.77. The molecule has 1 aromatic heterocycles. The van der Waals surface area contributed by atoms with Crippen molar-refractivity contribution in [3.05, 3.63) is 41.9 Å². The molecule has 3 N–H and O–H groups in total. The van der Waals surface area contributed by atoms with Crippen LogP contribution in [-0.2, 0) is 0 Å². The summed E-state index contributed by atoms with van der Waals surface area (Å²) in [6, 6.07) is 8.54. The second kappa shape index (κ2) is 8.61. The Bertz CT molecular complexity index is 873. The van der Waals surface area contributed by atoms with Crippen molar-refractivity contribution in [3.8, 4) is 11.8 Å². The zero-order chi connectivity index (χ0) is 20.2. The summed E-state index contributed by atoms with van der Waals surface area (Å²) in [4.78, 5) is 13.0. The Morgan fingerprint density at radius 2 is 2.00 bits per heavy atom. The van der Waals surface area contributed by atoms with Crippen molar-refractivity contribution >= 4 is 11.5 Å². The van der Waals surface area contributed by atoms with Crippen LogP contribution >= 0.6 is 0 Å². The molecule has 2 aliphatic rings. The van der Waals surface area contributed by atoms with Crippen LogP contribution in [0.4, 0.5) is 11.5 Å². The van der Waals surface area contributed by atoms with Crippen molar-refractivity contribution in [3.63, 3.8) is 0 Å². The molecule has 9 nitrogen and oxygen atoms in total. The summed E-state index contributed by atoms with van der Waals surface area (Å²) >= 11 is 0. The maximum absolute atomic E-state index is 8.82. The third-order valence-electron chi connectivity index (χ3n) is 5.45. The average molecular weight is 394 g/mol. The molecule has 0 aliphatic carbocycles. The maximum Gasteiger partial charge on any atom is 0.158 e. The predicted molar refractivity (Wildman–Crippen MR) is 110 cm³/mol. The Balaban J connectivity index is 1.42. The molecule has 152 valence electrons. The topological polar surface area (TPSA) is 101 Å². The Morgan fingerprint density at radius 1 is 1.17 bits per heavy atom. The van der Waals surface area contributed by atoms with Crippen molar-refractivity contribution in [2.24, 2.45) is 0 Å². The molecule has 1 aromatic carbocycles. The first-order chi connectivity index (χ1) is 14.2. The number of aromatic nitrogens is 2. The fraction of sp³-hybridized carbons (Fsp3) is 0.450. The highest BCUT2D eigenvalue weighted by Crippen LogP contribution is 2.34. The van der Waals surface area contributed by atoms with Gasteiger partial charge in [0.1, 0.15) is 17.6 Å². The van der Waals surface area contributed by atoms with Crippen LogP contribution in [0.2, 0.25) is 0 Å². The Hall–Kier alpha value is -2.93. The standard InChI is InChI=1S/C20H26N8O/c1-27-5-7-28(8-6-27)15-3-4-16(18(9-15)29-2)17-10-19(26-25-17)24-20-13-22-14(11-21)12-23-20/h3-4,9,12-13,17,19,25-26H,5-8,10H2,1-2H3,(H,23,24). The number of hydrogen-bond acceptors (Lipinski definition) is 9. The van der Waals surface area contributed by atoms with Crippen molar-refractivity contribution in [2.75, 3.05) is 50.6 Å². The molecule has 4 rings (SSSR count). The Labute approximate surface area is 170 Å². The van der Waals surface area contributed by atoms with Gasteiger partial charge in [-0.3, -0.25) is 0 Å². The molecule has 0 spiro atoms. The van der Waals surface area contributed by atoms with E-state index in [1.54, 1.807) is 13.3 Å². The number of piperazine rings is 1. The molecule has 2 aliphatic heterocycles. The summed E-state index contributed by atoms with van der Waals surface area (Å²) in [6.45, 7) is 4.20. The van der Waals surface area contributed by atoms with Gasteiger partial charge in [-0.2, -0.15) is 5.26 Å². The minimum atomic E-state index is -0.00995. The number of hydrogen-bond donors (Lipinski definition) is 3. The van der Waals surface area contributed by atoms with Gasteiger partial charge in [0.2, 0.25) is 0 Å². The predicted octanol–water partition coefficient (Wildman–Crippen LogP) is 1.09. The van der Waals surface area contributed by atoms with Gasteiger partial charge in [0, 0.05) is 49.9 Å². The number of rotatable bonds is 5. The lowest BCUT2D eigenvalue weighted by Gasteiger charge is -2.34. The van der Waals surface area contributed by atoms with Gasteiger partial charge in [-0.05, 0) is 13.1 Å². The monoisotopic (exact) mass is 394 g/mol. The van der Waals surface area contributed by atoms with E-state index < -0.39 is 0 Å². The van der Waals surface area contributed by atoms with Gasteiger partial charge in [0.25, 0.3) is 0 Å². The zero-order valence-corrected chi connectivity index (χ0v) is 16.7. The van der Waals surface area contributed by atoms with Crippen LogP contribution in [0.25, 0.3) is 0 Å². The van der Waals surface area contributed by atoms with Crippen LogP contribution in [0.3, 0.4) is 0 Å². The van der Waals surface area contributed by atoms with E-state index in [9.17, 15) is 0 Å². The maximum atomic E-state index is 8.82. The van der Waals surface area contributed by atoms with Crippen LogP contribution in [-0.4, -0.2) is 61.4 Å². The Morgan fingerprint density at radius 3 is 2.69 bits per heavy atom. The van der Waals surface area contributed by atoms with Gasteiger partial charge in [0.15, 0.2) is 5.69 Å². The number of anilines is 2. The smallest absolute Gasteiger partial charge is 0.158 e. The van der Waals surface area contributed by atoms with E-state index in [0.29, 0.717) is 11.5 Å². The minimum Gasteiger partial charge on any atom is -0.496 e. The average Bonchev–Trinajstić information content (AvgIpc) is 3.22. The number of nitrogens with one attached hydrogen (secondary N) is 3. The molecule has 9 heteroatoms. The first-order valence-corrected chi connectivity index (χ1v) is 9.77. The molecule has 29 heavy (non-hydrogen) atoms. The van der Waals surface area contributed by atoms with Crippen LogP contribution in [0.1, 0.15) is 23.7 Å². The van der Waals surface area contributed by atoms with E-state index in [1.165, 1.54) is 11.9 Å². The van der Waals surface area contributed by atoms with E-state index in [-0.39, 0.29) is 12.2 Å². The molecule has 2 saturated heterocycles. The summed E-state index contributed by atoms with van der Waals surface area (Å²) in [5, 5.41) is 12.1. The highest BCUT2D eigenvalue weighted by Gasteiger charge is 2.28. The summed E-state index contributed by atoms with van der Waals surface area (Å²) in [6.07, 6.45) is 3.83. The van der Waals surface area contributed by atoms with Crippen LogP contribution in [0, 0.1) is 11.3 Å². The second-order valence-electron chi connectivity index (χ2n) is 7.39. The number of nitrogens with zero attached hydrogens (tertiary/aromatic N) is 5. The van der Waals surface area contributed by atoms with Crippen molar-refractivity contribution in [1.82, 2.24) is 25.7 Å². The molecule has 0 bridgehead atoms. The summed E-state index contributed by atoms with van der Waals surface area (Å²) in [5.74, 6) is 1.51. The molecular formula is C20H26N8O. The fourth-order valence-electron chi connectivity index (χ4n) is 3.74. The van der Waals surface area contributed by atoms with Gasteiger partial charge >= 0.3 is 0 Å². The zero-order valence-electron chi connectivity index (χ0n) is 16.7. The van der Waals surface area contributed by atoms with Crippen LogP contribution in [0.5, 0.6) is 5.75 Å². The first kappa shape index (κ1) is 19.4. The van der Waals surface area contributed by atoms with Gasteiger partial charge in [-0.1, -0.05) is 6.07 Å². The summed E-state index contributed by atoms with van der Waals surface area (Å²) in [5.41, 5.74) is 9.20. The number of hydrazine groups is 1. The lowest BCUT2D eigenvalue weighted by molar-refractivity contribution is 0.312. The highest BCUT2D eigenvalue weighted by atomic mass is 16.5. The quantitative estimate of drug-likeness (QED) is 0.688. The van der Waals surface area contributed by atoms with E-state index in [2.05, 4.69) is 61.2 Å². The molecule has 2 aromatic rings. The largest absolute Gasteiger partial charge is 0.496 e. The van der Waals surface area contributed by atoms with E-state index >= 15 is 0 Å². The number of benzene rings is 1. The number of methoxy groups -OCH3 is 1. The van der Waals surface area contributed by atoms with Gasteiger partial charge in [-0.25, -0.2) is 20.8 Å². The Kier molecular flexibility index (Phi) is 5.76. The number of likely N-dealkylation sites (N-methyl/N-ethyl adjacent to an activating group) is 1. The molecule has 2 fully saturated rings.